The number of nitrogens with one attached hydrogen (secondary N) is 2. The van der Waals surface area contributed by atoms with Crippen LogP contribution in [-0.2, 0) is 0 Å². The summed E-state index contributed by atoms with van der Waals surface area (Å²) in [5.74, 6) is 0.702. The molecule has 0 aliphatic carbocycles. The maximum absolute atomic E-state index is 11.0. The van der Waals surface area contributed by atoms with Crippen LogP contribution in [0, 0.1) is 10.1 Å². The fraction of sp³-hybridized carbons (Fsp3) is 0.667. The highest BCUT2D eigenvalue weighted by Gasteiger charge is 2.19. The predicted molar refractivity (Wildman–Crippen MR) is 75.5 cm³/mol. The largest absolute Gasteiger partial charge is 0.361 e. The van der Waals surface area contributed by atoms with Gasteiger partial charge in [0.15, 0.2) is 0 Å². The molecule has 0 aliphatic rings. The van der Waals surface area contributed by atoms with Gasteiger partial charge in [-0.1, -0.05) is 20.8 Å². The highest BCUT2D eigenvalue weighted by molar-refractivity contribution is 5.57. The second kappa shape index (κ2) is 7.50. The quantitative estimate of drug-likeness (QED) is 0.555. The molecule has 1 rings (SSSR count). The third kappa shape index (κ3) is 4.35. The van der Waals surface area contributed by atoms with Crippen LogP contribution in [0.5, 0.6) is 0 Å². The number of hydrogen-bond donors (Lipinski definition) is 2. The Morgan fingerprint density at radius 3 is 2.58 bits per heavy atom. The Kier molecular flexibility index (Phi) is 5.98. The van der Waals surface area contributed by atoms with Gasteiger partial charge in [0.2, 0.25) is 11.8 Å². The van der Waals surface area contributed by atoms with Crippen molar-refractivity contribution in [2.45, 2.75) is 46.1 Å². The zero-order valence-electron chi connectivity index (χ0n) is 11.6. The van der Waals surface area contributed by atoms with E-state index in [1.165, 1.54) is 6.20 Å². The Morgan fingerprint density at radius 1 is 1.37 bits per heavy atom. The summed E-state index contributed by atoms with van der Waals surface area (Å²) < 4.78 is 0. The standard InChI is InChI=1S/C12H21N5O2/c1-4-7-13-12-14-8-10(17(18)19)11(16-12)15-9(5-2)6-3/h8-9H,4-7H2,1-3H3,(H2,13,14,15,16). The summed E-state index contributed by atoms with van der Waals surface area (Å²) >= 11 is 0. The lowest BCUT2D eigenvalue weighted by atomic mass is 10.2. The molecule has 0 unspecified atom stereocenters. The molecule has 7 heteroatoms. The van der Waals surface area contributed by atoms with Crippen LogP contribution in [0.25, 0.3) is 0 Å². The molecule has 1 aromatic rings. The molecule has 19 heavy (non-hydrogen) atoms. The lowest BCUT2D eigenvalue weighted by Crippen LogP contribution is -2.19. The predicted octanol–water partition coefficient (Wildman–Crippen LogP) is 2.81. The molecule has 1 aromatic heterocycles. The molecule has 0 saturated carbocycles. The molecular weight excluding hydrogens is 246 g/mol. The van der Waals surface area contributed by atoms with E-state index in [9.17, 15) is 10.1 Å². The van der Waals surface area contributed by atoms with Gasteiger partial charge in [-0.3, -0.25) is 10.1 Å². The smallest absolute Gasteiger partial charge is 0.329 e. The molecule has 1 heterocycles. The van der Waals surface area contributed by atoms with E-state index in [-0.39, 0.29) is 17.5 Å². The lowest BCUT2D eigenvalue weighted by Gasteiger charge is -2.15. The van der Waals surface area contributed by atoms with Crippen molar-refractivity contribution in [2.75, 3.05) is 17.2 Å². The van der Waals surface area contributed by atoms with Crippen LogP contribution in [0.3, 0.4) is 0 Å². The van der Waals surface area contributed by atoms with Crippen LogP contribution in [0.2, 0.25) is 0 Å². The van der Waals surface area contributed by atoms with Crippen LogP contribution in [-0.4, -0.2) is 27.5 Å². The molecule has 0 atom stereocenters. The molecule has 0 radical (unpaired) electrons. The SMILES string of the molecule is CCCNc1ncc([N+](=O)[O-])c(NC(CC)CC)n1. The van der Waals surface area contributed by atoms with E-state index in [0.29, 0.717) is 5.95 Å². The average Bonchev–Trinajstić information content (AvgIpc) is 2.42. The molecule has 0 saturated heterocycles. The summed E-state index contributed by atoms with van der Waals surface area (Å²) in [6, 6.07) is 0.174. The van der Waals surface area contributed by atoms with Crippen molar-refractivity contribution < 1.29 is 4.92 Å². The van der Waals surface area contributed by atoms with Crippen LogP contribution >= 0.6 is 0 Å². The van der Waals surface area contributed by atoms with Crippen molar-refractivity contribution in [1.29, 1.82) is 0 Å². The molecule has 0 bridgehead atoms. The fourth-order valence-corrected chi connectivity index (χ4v) is 1.62. The van der Waals surface area contributed by atoms with E-state index in [0.717, 1.165) is 25.8 Å². The number of hydrogen-bond acceptors (Lipinski definition) is 6. The second-order valence-electron chi connectivity index (χ2n) is 4.27. The summed E-state index contributed by atoms with van der Waals surface area (Å²) in [7, 11) is 0. The van der Waals surface area contributed by atoms with Crippen LogP contribution in [0.1, 0.15) is 40.0 Å². The van der Waals surface area contributed by atoms with Gasteiger partial charge in [0, 0.05) is 12.6 Å². The van der Waals surface area contributed by atoms with Crippen molar-refractivity contribution in [2.24, 2.45) is 0 Å². The lowest BCUT2D eigenvalue weighted by molar-refractivity contribution is -0.384. The Bertz CT molecular complexity index is 421. The van der Waals surface area contributed by atoms with Gasteiger partial charge in [-0.25, -0.2) is 4.98 Å². The number of aromatic nitrogens is 2. The van der Waals surface area contributed by atoms with Gasteiger partial charge in [-0.2, -0.15) is 4.98 Å². The molecular formula is C12H21N5O2. The van der Waals surface area contributed by atoms with Crippen molar-refractivity contribution in [3.8, 4) is 0 Å². The number of nitro groups is 1. The third-order valence-electron chi connectivity index (χ3n) is 2.83. The summed E-state index contributed by atoms with van der Waals surface area (Å²) in [5.41, 5.74) is -0.0889. The number of nitrogens with zero attached hydrogens (tertiary/aromatic N) is 3. The molecule has 0 amide bonds. The maximum atomic E-state index is 11.0. The minimum atomic E-state index is -0.464. The molecule has 7 nitrogen and oxygen atoms in total. The minimum absolute atomic E-state index is 0.0889. The highest BCUT2D eigenvalue weighted by Crippen LogP contribution is 2.23. The Hall–Kier alpha value is -1.92. The van der Waals surface area contributed by atoms with Gasteiger partial charge in [0.25, 0.3) is 0 Å². The summed E-state index contributed by atoms with van der Waals surface area (Å²) in [5, 5.41) is 17.1. The zero-order chi connectivity index (χ0) is 14.3. The Balaban J connectivity index is 2.97. The van der Waals surface area contributed by atoms with Crippen molar-refractivity contribution in [3.63, 3.8) is 0 Å². The first-order valence-electron chi connectivity index (χ1n) is 6.64. The van der Waals surface area contributed by atoms with E-state index >= 15 is 0 Å². The molecule has 2 N–H and O–H groups in total. The molecule has 0 aliphatic heterocycles. The summed E-state index contributed by atoms with van der Waals surface area (Å²) in [4.78, 5) is 18.7. The molecule has 0 spiro atoms. The fourth-order valence-electron chi connectivity index (χ4n) is 1.62. The van der Waals surface area contributed by atoms with Gasteiger partial charge in [-0.05, 0) is 19.3 Å². The van der Waals surface area contributed by atoms with E-state index in [1.54, 1.807) is 0 Å². The van der Waals surface area contributed by atoms with Gasteiger partial charge in [0.05, 0.1) is 4.92 Å². The van der Waals surface area contributed by atoms with Crippen molar-refractivity contribution >= 4 is 17.5 Å². The maximum Gasteiger partial charge on any atom is 0.329 e. The van der Waals surface area contributed by atoms with E-state index in [4.69, 9.17) is 0 Å². The van der Waals surface area contributed by atoms with E-state index in [1.807, 2.05) is 20.8 Å². The van der Waals surface area contributed by atoms with Gasteiger partial charge in [0.1, 0.15) is 6.20 Å². The highest BCUT2D eigenvalue weighted by atomic mass is 16.6. The third-order valence-corrected chi connectivity index (χ3v) is 2.83. The first kappa shape index (κ1) is 15.1. The van der Waals surface area contributed by atoms with Crippen molar-refractivity contribution in [3.05, 3.63) is 16.3 Å². The first-order chi connectivity index (χ1) is 9.12. The molecule has 106 valence electrons. The van der Waals surface area contributed by atoms with Crippen molar-refractivity contribution in [1.82, 2.24) is 9.97 Å². The minimum Gasteiger partial charge on any atom is -0.361 e. The van der Waals surface area contributed by atoms with Gasteiger partial charge >= 0.3 is 5.69 Å². The monoisotopic (exact) mass is 267 g/mol. The summed E-state index contributed by atoms with van der Waals surface area (Å²) in [6.07, 6.45) is 3.95. The van der Waals surface area contributed by atoms with Crippen LogP contribution < -0.4 is 10.6 Å². The second-order valence-corrected chi connectivity index (χ2v) is 4.27. The van der Waals surface area contributed by atoms with Gasteiger partial charge < -0.3 is 10.6 Å². The number of anilines is 2. The first-order valence-corrected chi connectivity index (χ1v) is 6.64. The van der Waals surface area contributed by atoms with Crippen LogP contribution in [0.15, 0.2) is 6.20 Å². The van der Waals surface area contributed by atoms with Crippen LogP contribution in [0.4, 0.5) is 17.5 Å². The number of rotatable bonds is 8. The van der Waals surface area contributed by atoms with Gasteiger partial charge in [-0.15, -0.1) is 0 Å². The molecule has 0 fully saturated rings. The molecule has 0 aromatic carbocycles. The van der Waals surface area contributed by atoms with E-state index in [2.05, 4.69) is 20.6 Å². The normalized spacial score (nSPS) is 10.5. The van der Waals surface area contributed by atoms with E-state index < -0.39 is 4.92 Å². The summed E-state index contributed by atoms with van der Waals surface area (Å²) in [6.45, 7) is 6.83. The Labute approximate surface area is 113 Å². The zero-order valence-corrected chi connectivity index (χ0v) is 11.6. The topological polar surface area (TPSA) is 93.0 Å². The average molecular weight is 267 g/mol. The Morgan fingerprint density at radius 2 is 2.05 bits per heavy atom.